The van der Waals surface area contributed by atoms with E-state index in [0.29, 0.717) is 13.2 Å². The topological polar surface area (TPSA) is 41.5 Å². The first-order chi connectivity index (χ1) is 12.0. The third-order valence-electron chi connectivity index (χ3n) is 6.59. The van der Waals surface area contributed by atoms with Crippen molar-refractivity contribution in [1.29, 1.82) is 0 Å². The fraction of sp³-hybridized carbons (Fsp3) is 0.714. The van der Waals surface area contributed by atoms with Crippen molar-refractivity contribution < 1.29 is 9.84 Å². The first-order valence-electron chi connectivity index (χ1n) is 9.82. The molecule has 4 bridgehead atoms. The Kier molecular flexibility index (Phi) is 5.11. The minimum Gasteiger partial charge on any atom is -0.389 e. The smallest absolute Gasteiger partial charge is 0.0898 e. The first-order valence-corrected chi connectivity index (χ1v) is 10.2. The van der Waals surface area contributed by atoms with Crippen molar-refractivity contribution in [1.82, 2.24) is 5.32 Å². The number of benzene rings is 1. The van der Waals surface area contributed by atoms with Crippen molar-refractivity contribution in [2.24, 2.45) is 17.8 Å². The van der Waals surface area contributed by atoms with Crippen LogP contribution in [0, 0.1) is 17.8 Å². The van der Waals surface area contributed by atoms with Gasteiger partial charge in [-0.3, -0.25) is 0 Å². The van der Waals surface area contributed by atoms with Crippen LogP contribution in [-0.2, 0) is 4.74 Å². The van der Waals surface area contributed by atoms with Crippen molar-refractivity contribution in [2.45, 2.75) is 63.2 Å². The minimum absolute atomic E-state index is 0.0809. The number of aliphatic hydroxyl groups excluding tert-OH is 1. The Balaban J connectivity index is 1.24. The third-order valence-corrected chi connectivity index (χ3v) is 6.85. The van der Waals surface area contributed by atoms with Gasteiger partial charge in [-0.25, -0.2) is 0 Å². The van der Waals surface area contributed by atoms with Crippen LogP contribution in [0.15, 0.2) is 24.3 Å². The van der Waals surface area contributed by atoms with E-state index in [1.165, 1.54) is 44.1 Å². The lowest BCUT2D eigenvalue weighted by Gasteiger charge is -2.56. The van der Waals surface area contributed by atoms with E-state index >= 15 is 0 Å². The maximum Gasteiger partial charge on any atom is 0.0898 e. The van der Waals surface area contributed by atoms with Crippen LogP contribution in [0.3, 0.4) is 0 Å². The Hall–Kier alpha value is -0.610. The van der Waals surface area contributed by atoms with E-state index in [-0.39, 0.29) is 11.6 Å². The van der Waals surface area contributed by atoms with Crippen molar-refractivity contribution in [3.05, 3.63) is 34.9 Å². The molecule has 25 heavy (non-hydrogen) atoms. The molecule has 0 saturated heterocycles. The van der Waals surface area contributed by atoms with Crippen LogP contribution >= 0.6 is 11.6 Å². The van der Waals surface area contributed by atoms with Gasteiger partial charge in [0.1, 0.15) is 0 Å². The van der Waals surface area contributed by atoms with Gasteiger partial charge in [-0.15, -0.1) is 0 Å². The second-order valence-electron chi connectivity index (χ2n) is 8.75. The van der Waals surface area contributed by atoms with E-state index in [4.69, 9.17) is 16.3 Å². The molecule has 3 nitrogen and oxygen atoms in total. The Morgan fingerprint density at radius 1 is 1.12 bits per heavy atom. The summed E-state index contributed by atoms with van der Waals surface area (Å²) in [5, 5.41) is 14.5. The SMILES string of the molecule is CC(NCC(O)COC12CC3CC(CC(C3)C1)C2)c1ccc(Cl)cc1. The molecule has 0 amide bonds. The highest BCUT2D eigenvalue weighted by molar-refractivity contribution is 6.30. The van der Waals surface area contributed by atoms with Gasteiger partial charge in [-0.1, -0.05) is 23.7 Å². The zero-order valence-electron chi connectivity index (χ0n) is 15.1. The summed E-state index contributed by atoms with van der Waals surface area (Å²) in [6, 6.07) is 8.05. The summed E-state index contributed by atoms with van der Waals surface area (Å²) in [4.78, 5) is 0. The van der Waals surface area contributed by atoms with Crippen molar-refractivity contribution >= 4 is 11.6 Å². The molecule has 1 aromatic carbocycles. The van der Waals surface area contributed by atoms with Gasteiger partial charge in [0.05, 0.1) is 18.3 Å². The van der Waals surface area contributed by atoms with Crippen LogP contribution in [0.2, 0.25) is 5.02 Å². The fourth-order valence-electron chi connectivity index (χ4n) is 5.72. The summed E-state index contributed by atoms with van der Waals surface area (Å²) >= 11 is 5.94. The quantitative estimate of drug-likeness (QED) is 0.757. The standard InChI is InChI=1S/C21H30ClNO2/c1-14(18-2-4-19(22)5-3-18)23-12-20(24)13-25-21-9-15-6-16(10-21)8-17(7-15)11-21/h2-5,14-17,20,23-24H,6-13H2,1H3. The fourth-order valence-corrected chi connectivity index (χ4v) is 5.85. The molecule has 2 unspecified atom stereocenters. The Morgan fingerprint density at radius 3 is 2.24 bits per heavy atom. The molecule has 1 aromatic rings. The number of aliphatic hydroxyl groups is 1. The van der Waals surface area contributed by atoms with Gasteiger partial charge in [0, 0.05) is 17.6 Å². The van der Waals surface area contributed by atoms with Gasteiger partial charge in [0.15, 0.2) is 0 Å². The number of hydrogen-bond acceptors (Lipinski definition) is 3. The summed E-state index contributed by atoms with van der Waals surface area (Å²) < 4.78 is 6.35. The number of hydrogen-bond donors (Lipinski definition) is 2. The molecule has 2 N–H and O–H groups in total. The molecule has 0 aromatic heterocycles. The zero-order valence-corrected chi connectivity index (χ0v) is 15.8. The number of ether oxygens (including phenoxy) is 1. The Labute approximate surface area is 156 Å². The molecule has 0 radical (unpaired) electrons. The molecule has 5 rings (SSSR count). The average molecular weight is 364 g/mol. The Morgan fingerprint density at radius 2 is 1.68 bits per heavy atom. The monoisotopic (exact) mass is 363 g/mol. The molecule has 4 aliphatic carbocycles. The van der Waals surface area contributed by atoms with Crippen LogP contribution in [0.5, 0.6) is 0 Å². The zero-order chi connectivity index (χ0) is 17.4. The van der Waals surface area contributed by atoms with Gasteiger partial charge < -0.3 is 15.2 Å². The lowest BCUT2D eigenvalue weighted by molar-refractivity contribution is -0.174. The van der Waals surface area contributed by atoms with Crippen molar-refractivity contribution in [3.63, 3.8) is 0 Å². The van der Waals surface area contributed by atoms with E-state index in [2.05, 4.69) is 12.2 Å². The second-order valence-corrected chi connectivity index (χ2v) is 9.18. The molecule has 0 aliphatic heterocycles. The molecule has 4 saturated carbocycles. The van der Waals surface area contributed by atoms with Crippen molar-refractivity contribution in [3.8, 4) is 0 Å². The highest BCUT2D eigenvalue weighted by Crippen LogP contribution is 2.57. The van der Waals surface area contributed by atoms with Gasteiger partial charge in [-0.2, -0.15) is 0 Å². The van der Waals surface area contributed by atoms with Gasteiger partial charge in [0.2, 0.25) is 0 Å². The molecule has 4 heteroatoms. The van der Waals surface area contributed by atoms with Gasteiger partial charge in [0.25, 0.3) is 0 Å². The van der Waals surface area contributed by atoms with E-state index in [0.717, 1.165) is 22.8 Å². The predicted molar refractivity (Wildman–Crippen MR) is 101 cm³/mol. The molecular weight excluding hydrogens is 334 g/mol. The van der Waals surface area contributed by atoms with Gasteiger partial charge in [-0.05, 0) is 80.9 Å². The van der Waals surface area contributed by atoms with E-state index < -0.39 is 6.10 Å². The number of halogens is 1. The average Bonchev–Trinajstić information content (AvgIpc) is 2.57. The van der Waals surface area contributed by atoms with Crippen molar-refractivity contribution in [2.75, 3.05) is 13.2 Å². The maximum atomic E-state index is 10.4. The molecule has 0 heterocycles. The van der Waals surface area contributed by atoms with E-state index in [9.17, 15) is 5.11 Å². The summed E-state index contributed by atoms with van der Waals surface area (Å²) in [5.74, 6) is 2.64. The normalized spacial score (nSPS) is 35.7. The summed E-state index contributed by atoms with van der Waals surface area (Å²) in [5.41, 5.74) is 1.26. The summed E-state index contributed by atoms with van der Waals surface area (Å²) in [6.45, 7) is 3.11. The van der Waals surface area contributed by atoms with Crippen LogP contribution < -0.4 is 5.32 Å². The third kappa shape index (κ3) is 4.05. The highest BCUT2D eigenvalue weighted by Gasteiger charge is 2.51. The first kappa shape index (κ1) is 17.8. The minimum atomic E-state index is -0.456. The van der Waals surface area contributed by atoms with Crippen LogP contribution in [-0.4, -0.2) is 30.0 Å². The molecular formula is C21H30ClNO2. The maximum absolute atomic E-state index is 10.4. The molecule has 2 atom stereocenters. The molecule has 138 valence electrons. The predicted octanol–water partition coefficient (Wildman–Crippen LogP) is 4.34. The highest BCUT2D eigenvalue weighted by atomic mass is 35.5. The van der Waals surface area contributed by atoms with Crippen LogP contribution in [0.4, 0.5) is 0 Å². The van der Waals surface area contributed by atoms with E-state index in [1.807, 2.05) is 24.3 Å². The van der Waals surface area contributed by atoms with E-state index in [1.54, 1.807) is 0 Å². The number of rotatable bonds is 7. The lowest BCUT2D eigenvalue weighted by atomic mass is 9.54. The Bertz CT molecular complexity index is 553. The largest absolute Gasteiger partial charge is 0.389 e. The molecule has 4 fully saturated rings. The summed E-state index contributed by atoms with van der Waals surface area (Å²) in [6.07, 6.45) is 7.48. The van der Waals surface area contributed by atoms with Crippen LogP contribution in [0.25, 0.3) is 0 Å². The molecule has 0 spiro atoms. The lowest BCUT2D eigenvalue weighted by Crippen LogP contribution is -2.53. The van der Waals surface area contributed by atoms with Gasteiger partial charge >= 0.3 is 0 Å². The van der Waals surface area contributed by atoms with Crippen LogP contribution in [0.1, 0.15) is 57.1 Å². The second kappa shape index (κ2) is 7.19. The number of nitrogens with one attached hydrogen (secondary N) is 1. The molecule has 4 aliphatic rings. The summed E-state index contributed by atoms with van der Waals surface area (Å²) in [7, 11) is 0.